The van der Waals surface area contributed by atoms with Crippen molar-refractivity contribution in [2.45, 2.75) is 0 Å². The Balaban J connectivity index is 2.36. The number of nitriles is 1. The molecule has 3 heterocycles. The monoisotopic (exact) mass is 223 g/mol. The van der Waals surface area contributed by atoms with Gasteiger partial charge >= 0.3 is 0 Å². The summed E-state index contributed by atoms with van der Waals surface area (Å²) >= 11 is 0. The predicted octanol–water partition coefficient (Wildman–Crippen LogP) is 2.70. The van der Waals surface area contributed by atoms with Crippen molar-refractivity contribution in [2.24, 2.45) is 7.05 Å². The molecule has 0 saturated carbocycles. The molecule has 4 heteroatoms. The lowest BCUT2D eigenvalue weighted by Crippen LogP contribution is -1.87. The maximum absolute atomic E-state index is 8.91. The maximum atomic E-state index is 8.91. The number of hydrogen-bond acceptors (Lipinski definition) is 3. The van der Waals surface area contributed by atoms with Crippen molar-refractivity contribution in [3.63, 3.8) is 0 Å². The van der Waals surface area contributed by atoms with Crippen LogP contribution >= 0.6 is 0 Å². The second-order valence-electron chi connectivity index (χ2n) is 3.87. The van der Waals surface area contributed by atoms with E-state index < -0.39 is 0 Å². The van der Waals surface area contributed by atoms with Crippen LogP contribution in [0.15, 0.2) is 41.5 Å². The molecule has 0 radical (unpaired) electrons. The summed E-state index contributed by atoms with van der Waals surface area (Å²) in [6.07, 6.45) is 6.90. The largest absolute Gasteiger partial charge is 0.472 e. The molecule has 0 atom stereocenters. The van der Waals surface area contributed by atoms with Crippen molar-refractivity contribution < 1.29 is 4.42 Å². The minimum absolute atomic E-state index is 0.563. The summed E-state index contributed by atoms with van der Waals surface area (Å²) in [5.41, 5.74) is 3.45. The Hall–Kier alpha value is -2.54. The Labute approximate surface area is 97.7 Å². The van der Waals surface area contributed by atoms with E-state index >= 15 is 0 Å². The first-order valence-corrected chi connectivity index (χ1v) is 5.17. The van der Waals surface area contributed by atoms with Crippen LogP contribution in [0.3, 0.4) is 0 Å². The van der Waals surface area contributed by atoms with Crippen LogP contribution in [-0.4, -0.2) is 9.55 Å². The van der Waals surface area contributed by atoms with Crippen molar-refractivity contribution in [2.75, 3.05) is 0 Å². The van der Waals surface area contributed by atoms with E-state index in [1.165, 1.54) is 0 Å². The Bertz CT molecular complexity index is 717. The molecule has 0 aromatic carbocycles. The molecular weight excluding hydrogens is 214 g/mol. The third-order valence-electron chi connectivity index (χ3n) is 2.77. The topological polar surface area (TPSA) is 54.8 Å². The Morgan fingerprint density at radius 2 is 2.35 bits per heavy atom. The molecule has 0 unspecified atom stereocenters. The quantitative estimate of drug-likeness (QED) is 0.637. The molecule has 0 N–H and O–H groups in total. The van der Waals surface area contributed by atoms with Gasteiger partial charge in [-0.25, -0.2) is 4.98 Å². The number of hydrogen-bond donors (Lipinski definition) is 0. The van der Waals surface area contributed by atoms with Gasteiger partial charge in [0, 0.05) is 36.0 Å². The molecule has 0 bridgehead atoms. The highest BCUT2D eigenvalue weighted by molar-refractivity contribution is 5.94. The minimum Gasteiger partial charge on any atom is -0.472 e. The third kappa shape index (κ3) is 1.41. The normalized spacial score (nSPS) is 10.6. The second kappa shape index (κ2) is 3.49. The maximum Gasteiger partial charge on any atom is 0.140 e. The average molecular weight is 223 g/mol. The lowest BCUT2D eigenvalue weighted by Gasteiger charge is -1.95. The lowest BCUT2D eigenvalue weighted by molar-refractivity contribution is 0.568. The van der Waals surface area contributed by atoms with Gasteiger partial charge in [-0.05, 0) is 12.1 Å². The smallest absolute Gasteiger partial charge is 0.140 e. The zero-order valence-electron chi connectivity index (χ0n) is 9.21. The van der Waals surface area contributed by atoms with Gasteiger partial charge < -0.3 is 8.98 Å². The number of fused-ring (bicyclic) bond motifs is 1. The molecule has 0 fully saturated rings. The van der Waals surface area contributed by atoms with Crippen molar-refractivity contribution in [1.29, 1.82) is 5.26 Å². The van der Waals surface area contributed by atoms with Crippen LogP contribution in [0.1, 0.15) is 5.56 Å². The molecule has 0 aliphatic carbocycles. The molecule has 0 aliphatic rings. The van der Waals surface area contributed by atoms with Gasteiger partial charge in [-0.15, -0.1) is 0 Å². The molecule has 3 aromatic rings. The van der Waals surface area contributed by atoms with Gasteiger partial charge in [0.05, 0.1) is 18.1 Å². The summed E-state index contributed by atoms with van der Waals surface area (Å²) in [6.45, 7) is 0. The fourth-order valence-corrected chi connectivity index (χ4v) is 1.97. The minimum atomic E-state index is 0.563. The van der Waals surface area contributed by atoms with Crippen molar-refractivity contribution >= 4 is 11.0 Å². The standard InChI is InChI=1S/C13H9N3O/c1-16-7-12(10-2-3-17-8-10)11-4-9(5-14)6-15-13(11)16/h2-4,6-8H,1H3. The average Bonchev–Trinajstić information content (AvgIpc) is 2.97. The summed E-state index contributed by atoms with van der Waals surface area (Å²) in [5, 5.41) is 9.88. The van der Waals surface area contributed by atoms with Gasteiger partial charge in [0.25, 0.3) is 0 Å². The van der Waals surface area contributed by atoms with E-state index in [1.54, 1.807) is 18.7 Å². The van der Waals surface area contributed by atoms with Crippen LogP contribution in [0.2, 0.25) is 0 Å². The molecule has 0 amide bonds. The number of furan rings is 1. The van der Waals surface area contributed by atoms with E-state index in [4.69, 9.17) is 9.68 Å². The molecule has 0 saturated heterocycles. The predicted molar refractivity (Wildman–Crippen MR) is 63.1 cm³/mol. The highest BCUT2D eigenvalue weighted by atomic mass is 16.3. The molecule has 17 heavy (non-hydrogen) atoms. The van der Waals surface area contributed by atoms with Crippen LogP contribution < -0.4 is 0 Å². The Kier molecular flexibility index (Phi) is 1.99. The third-order valence-corrected chi connectivity index (χ3v) is 2.77. The number of aryl methyl sites for hydroxylation is 1. The van der Waals surface area contributed by atoms with E-state index in [0.717, 1.165) is 22.2 Å². The molecule has 0 aliphatic heterocycles. The van der Waals surface area contributed by atoms with Crippen LogP contribution in [0.5, 0.6) is 0 Å². The summed E-state index contributed by atoms with van der Waals surface area (Å²) in [7, 11) is 1.94. The number of aromatic nitrogens is 2. The molecule has 0 spiro atoms. The Morgan fingerprint density at radius 1 is 1.47 bits per heavy atom. The van der Waals surface area contributed by atoms with Gasteiger partial charge in [0.15, 0.2) is 0 Å². The van der Waals surface area contributed by atoms with E-state index in [9.17, 15) is 0 Å². The van der Waals surface area contributed by atoms with Gasteiger partial charge in [-0.2, -0.15) is 5.26 Å². The number of pyridine rings is 1. The SMILES string of the molecule is Cn1cc(-c2ccoc2)c2cc(C#N)cnc21. The fraction of sp³-hybridized carbons (Fsp3) is 0.0769. The van der Waals surface area contributed by atoms with E-state index in [0.29, 0.717) is 5.56 Å². The number of rotatable bonds is 1. The summed E-state index contributed by atoms with van der Waals surface area (Å²) in [5.74, 6) is 0. The summed E-state index contributed by atoms with van der Waals surface area (Å²) in [6, 6.07) is 5.85. The molecule has 4 nitrogen and oxygen atoms in total. The van der Waals surface area contributed by atoms with Crippen LogP contribution in [0.25, 0.3) is 22.2 Å². The highest BCUT2D eigenvalue weighted by Crippen LogP contribution is 2.29. The first-order chi connectivity index (χ1) is 8.29. The van der Waals surface area contributed by atoms with Crippen molar-refractivity contribution in [3.05, 3.63) is 42.6 Å². The van der Waals surface area contributed by atoms with E-state index in [1.807, 2.05) is 29.9 Å². The van der Waals surface area contributed by atoms with Gasteiger partial charge in [0.1, 0.15) is 11.7 Å². The first-order valence-electron chi connectivity index (χ1n) is 5.17. The van der Waals surface area contributed by atoms with Gasteiger partial charge in [0.2, 0.25) is 0 Å². The lowest BCUT2D eigenvalue weighted by atomic mass is 10.1. The van der Waals surface area contributed by atoms with Crippen LogP contribution in [0.4, 0.5) is 0 Å². The summed E-state index contributed by atoms with van der Waals surface area (Å²) in [4.78, 5) is 4.29. The summed E-state index contributed by atoms with van der Waals surface area (Å²) < 4.78 is 7.03. The first kappa shape index (κ1) is 9.67. The van der Waals surface area contributed by atoms with Gasteiger partial charge in [-0.1, -0.05) is 0 Å². The zero-order chi connectivity index (χ0) is 11.8. The molecule has 3 rings (SSSR count). The highest BCUT2D eigenvalue weighted by Gasteiger charge is 2.11. The second-order valence-corrected chi connectivity index (χ2v) is 3.87. The van der Waals surface area contributed by atoms with E-state index in [2.05, 4.69) is 11.1 Å². The van der Waals surface area contributed by atoms with E-state index in [-0.39, 0.29) is 0 Å². The fourth-order valence-electron chi connectivity index (χ4n) is 1.97. The van der Waals surface area contributed by atoms with Crippen LogP contribution in [0, 0.1) is 11.3 Å². The van der Waals surface area contributed by atoms with Crippen LogP contribution in [-0.2, 0) is 7.05 Å². The molecule has 3 aromatic heterocycles. The van der Waals surface area contributed by atoms with Gasteiger partial charge in [-0.3, -0.25) is 0 Å². The van der Waals surface area contributed by atoms with Crippen molar-refractivity contribution in [3.8, 4) is 17.2 Å². The molecule has 82 valence electrons. The number of nitrogens with zero attached hydrogens (tertiary/aromatic N) is 3. The Morgan fingerprint density at radius 3 is 3.06 bits per heavy atom. The molecular formula is C13H9N3O. The zero-order valence-corrected chi connectivity index (χ0v) is 9.21. The van der Waals surface area contributed by atoms with Crippen molar-refractivity contribution in [1.82, 2.24) is 9.55 Å².